The van der Waals surface area contributed by atoms with Crippen molar-refractivity contribution in [3.63, 3.8) is 0 Å². The molecule has 2 nitrogen and oxygen atoms in total. The maximum atomic E-state index is 10.7. The van der Waals surface area contributed by atoms with Crippen molar-refractivity contribution in [3.8, 4) is 0 Å². The molecule has 66 valence electrons. The van der Waals surface area contributed by atoms with Crippen molar-refractivity contribution in [2.75, 3.05) is 5.73 Å². The van der Waals surface area contributed by atoms with E-state index in [1.165, 1.54) is 0 Å². The summed E-state index contributed by atoms with van der Waals surface area (Å²) in [7, 11) is 0. The molecule has 0 spiro atoms. The van der Waals surface area contributed by atoms with Crippen LogP contribution >= 0.6 is 39.9 Å². The average Bonchev–Trinajstić information content (AvgIpc) is 1.85. The lowest BCUT2D eigenvalue weighted by Gasteiger charge is -1.98. The number of carbonyl (C=O) groups excluding carboxylic acids is 1. The molecule has 1 rings (SSSR count). The number of benzene rings is 1. The highest BCUT2D eigenvalue weighted by atomic mass is 79.9. The Morgan fingerprint density at radius 3 is 2.50 bits per heavy atom. The summed E-state index contributed by atoms with van der Waals surface area (Å²) in [4.78, 5) is 10.7. The zero-order valence-corrected chi connectivity index (χ0v) is 9.04. The maximum Gasteiger partial charge on any atom is 0.253 e. The van der Waals surface area contributed by atoms with E-state index in [0.717, 1.165) is 0 Å². The smallest absolute Gasteiger partial charge is 0.253 e. The molecule has 1 aromatic rings. The molecule has 0 aliphatic rings. The number of carbonyl (C=O) groups is 1. The Bertz CT molecular complexity index is 303. The van der Waals surface area contributed by atoms with E-state index in [1.807, 2.05) is 0 Å². The second-order valence-electron chi connectivity index (χ2n) is 2.01. The van der Waals surface area contributed by atoms with Crippen LogP contribution in [0, 0.1) is 0 Å². The number of halogens is 3. The van der Waals surface area contributed by atoms with E-state index in [-0.39, 0.29) is 12.4 Å². The van der Waals surface area contributed by atoms with Gasteiger partial charge >= 0.3 is 0 Å². The lowest BCUT2D eigenvalue weighted by Crippen LogP contribution is -1.92. The van der Waals surface area contributed by atoms with Gasteiger partial charge in [0.1, 0.15) is 0 Å². The normalized spacial score (nSPS) is 8.83. The molecule has 0 aliphatic heterocycles. The van der Waals surface area contributed by atoms with Gasteiger partial charge in [0.15, 0.2) is 0 Å². The first-order chi connectivity index (χ1) is 5.11. The highest BCUT2D eigenvalue weighted by Gasteiger charge is 2.05. The molecule has 2 N–H and O–H groups in total. The van der Waals surface area contributed by atoms with Crippen LogP contribution < -0.4 is 5.73 Å². The largest absolute Gasteiger partial charge is 0.399 e. The fourth-order valence-electron chi connectivity index (χ4n) is 0.691. The van der Waals surface area contributed by atoms with Gasteiger partial charge in [0.05, 0.1) is 0 Å². The summed E-state index contributed by atoms with van der Waals surface area (Å²) in [6.45, 7) is 0. The Balaban J connectivity index is 0.00000121. The minimum Gasteiger partial charge on any atom is -0.399 e. The topological polar surface area (TPSA) is 43.1 Å². The summed E-state index contributed by atoms with van der Waals surface area (Å²) in [5.41, 5.74) is 6.47. The third-order valence-electron chi connectivity index (χ3n) is 1.20. The van der Waals surface area contributed by atoms with E-state index in [9.17, 15) is 4.79 Å². The summed E-state index contributed by atoms with van der Waals surface area (Å²) in [6.07, 6.45) is 0. The molecule has 1 aromatic carbocycles. The Morgan fingerprint density at radius 1 is 1.50 bits per heavy atom. The third-order valence-corrected chi connectivity index (χ3v) is 2.06. The molecule has 0 fully saturated rings. The zero-order chi connectivity index (χ0) is 8.43. The minimum atomic E-state index is -0.489. The van der Waals surface area contributed by atoms with Crippen molar-refractivity contribution in [1.82, 2.24) is 0 Å². The first-order valence-corrected chi connectivity index (χ1v) is 4.03. The monoisotopic (exact) mass is 269 g/mol. The molecule has 5 heteroatoms. The lowest BCUT2D eigenvalue weighted by atomic mass is 10.2. The highest BCUT2D eigenvalue weighted by molar-refractivity contribution is 9.10. The van der Waals surface area contributed by atoms with Crippen molar-refractivity contribution in [1.29, 1.82) is 0 Å². The SMILES string of the molecule is Cl.Nc1ccc(C(=O)Cl)c(Br)c1. The molecule has 0 atom stereocenters. The fourth-order valence-corrected chi connectivity index (χ4v) is 1.55. The van der Waals surface area contributed by atoms with Crippen LogP contribution in [0.3, 0.4) is 0 Å². The van der Waals surface area contributed by atoms with Gasteiger partial charge in [-0.1, -0.05) is 0 Å². The summed E-state index contributed by atoms with van der Waals surface area (Å²) >= 11 is 8.41. The maximum absolute atomic E-state index is 10.7. The van der Waals surface area contributed by atoms with Gasteiger partial charge in [0.25, 0.3) is 5.24 Å². The highest BCUT2D eigenvalue weighted by Crippen LogP contribution is 2.20. The van der Waals surface area contributed by atoms with Gasteiger partial charge < -0.3 is 5.73 Å². The molecule has 0 heterocycles. The number of nitrogen functional groups attached to an aromatic ring is 1. The molecule has 12 heavy (non-hydrogen) atoms. The Hall–Kier alpha value is -0.250. The number of hydrogen-bond donors (Lipinski definition) is 1. The Morgan fingerprint density at radius 2 is 2.08 bits per heavy atom. The molecule has 0 aromatic heterocycles. The number of rotatable bonds is 1. The van der Waals surface area contributed by atoms with Crippen molar-refractivity contribution >= 4 is 50.9 Å². The van der Waals surface area contributed by atoms with Crippen LogP contribution in [0.4, 0.5) is 5.69 Å². The first-order valence-electron chi connectivity index (χ1n) is 2.86. The van der Waals surface area contributed by atoms with Gasteiger partial charge in [-0.15, -0.1) is 12.4 Å². The molecule has 0 amide bonds. The van der Waals surface area contributed by atoms with Crippen LogP contribution in [-0.2, 0) is 0 Å². The average molecular weight is 271 g/mol. The van der Waals surface area contributed by atoms with Gasteiger partial charge in [-0.2, -0.15) is 0 Å². The van der Waals surface area contributed by atoms with E-state index < -0.39 is 5.24 Å². The number of anilines is 1. The summed E-state index contributed by atoms with van der Waals surface area (Å²) in [6, 6.07) is 4.84. The third kappa shape index (κ3) is 2.66. The van der Waals surface area contributed by atoms with E-state index in [4.69, 9.17) is 17.3 Å². The first kappa shape index (κ1) is 11.8. The molecule has 0 unspecified atom stereocenters. The van der Waals surface area contributed by atoms with Gasteiger partial charge in [-0.05, 0) is 45.7 Å². The minimum absolute atomic E-state index is 0. The van der Waals surface area contributed by atoms with Crippen molar-refractivity contribution in [2.45, 2.75) is 0 Å². The standard InChI is InChI=1S/C7H5BrClNO.ClH/c8-6-3-4(10)1-2-5(6)7(9)11;/h1-3H,10H2;1H. The van der Waals surface area contributed by atoms with Crippen molar-refractivity contribution in [3.05, 3.63) is 28.2 Å². The number of hydrogen-bond acceptors (Lipinski definition) is 2. The van der Waals surface area contributed by atoms with Crippen LogP contribution in [0.25, 0.3) is 0 Å². The van der Waals surface area contributed by atoms with E-state index >= 15 is 0 Å². The van der Waals surface area contributed by atoms with E-state index in [2.05, 4.69) is 15.9 Å². The van der Waals surface area contributed by atoms with E-state index in [1.54, 1.807) is 18.2 Å². The summed E-state index contributed by atoms with van der Waals surface area (Å²) in [5.74, 6) is 0. The molecule has 0 aliphatic carbocycles. The van der Waals surface area contributed by atoms with Crippen molar-refractivity contribution in [2.24, 2.45) is 0 Å². The molecule has 0 saturated carbocycles. The van der Waals surface area contributed by atoms with Crippen LogP contribution in [0.1, 0.15) is 10.4 Å². The van der Waals surface area contributed by atoms with E-state index in [0.29, 0.717) is 15.7 Å². The summed E-state index contributed by atoms with van der Waals surface area (Å²) < 4.78 is 0.623. The van der Waals surface area contributed by atoms with Gasteiger partial charge in [0.2, 0.25) is 0 Å². The predicted octanol–water partition coefficient (Wildman–Crippen LogP) is 2.83. The molecular weight excluding hydrogens is 265 g/mol. The molecular formula is C7H6BrCl2NO. The van der Waals surface area contributed by atoms with Crippen molar-refractivity contribution < 1.29 is 4.79 Å². The second kappa shape index (κ2) is 4.70. The molecule has 0 saturated heterocycles. The molecule has 0 radical (unpaired) electrons. The van der Waals surface area contributed by atoms with Crippen LogP contribution in [-0.4, -0.2) is 5.24 Å². The van der Waals surface area contributed by atoms with Crippen LogP contribution in [0.15, 0.2) is 22.7 Å². The fraction of sp³-hybridized carbons (Fsp3) is 0. The van der Waals surface area contributed by atoms with Crippen LogP contribution in [0.5, 0.6) is 0 Å². The zero-order valence-electron chi connectivity index (χ0n) is 5.88. The van der Waals surface area contributed by atoms with Gasteiger partial charge in [0, 0.05) is 15.7 Å². The predicted molar refractivity (Wildman–Crippen MR) is 56.0 cm³/mol. The van der Waals surface area contributed by atoms with Gasteiger partial charge in [-0.3, -0.25) is 4.79 Å². The van der Waals surface area contributed by atoms with Crippen LogP contribution in [0.2, 0.25) is 0 Å². The van der Waals surface area contributed by atoms with Gasteiger partial charge in [-0.25, -0.2) is 0 Å². The lowest BCUT2D eigenvalue weighted by molar-refractivity contribution is 0.108. The molecule has 0 bridgehead atoms. The quantitative estimate of drug-likeness (QED) is 0.630. The Kier molecular flexibility index (Phi) is 4.60. The second-order valence-corrected chi connectivity index (χ2v) is 3.21. The summed E-state index contributed by atoms with van der Waals surface area (Å²) in [5, 5.41) is -0.489. The number of nitrogens with two attached hydrogens (primary N) is 1. The Labute approximate surface area is 89.6 Å².